The lowest BCUT2D eigenvalue weighted by Crippen LogP contribution is -2.19. The summed E-state index contributed by atoms with van der Waals surface area (Å²) >= 11 is 13.5. The molecule has 27 heavy (non-hydrogen) atoms. The third kappa shape index (κ3) is 3.50. The summed E-state index contributed by atoms with van der Waals surface area (Å²) in [6.07, 6.45) is 3.96. The zero-order valence-electron chi connectivity index (χ0n) is 14.4. The van der Waals surface area contributed by atoms with Crippen molar-refractivity contribution < 1.29 is 4.79 Å². The normalized spacial score (nSPS) is 17.2. The predicted octanol–water partition coefficient (Wildman–Crippen LogP) is 5.86. The summed E-state index contributed by atoms with van der Waals surface area (Å²) < 4.78 is 2.17. The highest BCUT2D eigenvalue weighted by Gasteiger charge is 2.24. The van der Waals surface area contributed by atoms with Gasteiger partial charge >= 0.3 is 0 Å². The minimum atomic E-state index is -0.176. The van der Waals surface area contributed by atoms with Crippen molar-refractivity contribution in [3.63, 3.8) is 0 Å². The first-order chi connectivity index (χ1) is 13.1. The Morgan fingerprint density at radius 2 is 2.00 bits per heavy atom. The molecule has 4 rings (SSSR count). The summed E-state index contributed by atoms with van der Waals surface area (Å²) in [7, 11) is 0. The number of hydrogen-bond acceptors (Lipinski definition) is 3. The average molecular weight is 416 g/mol. The van der Waals surface area contributed by atoms with E-state index in [-0.39, 0.29) is 5.91 Å². The first-order valence-electron chi connectivity index (χ1n) is 8.38. The molecule has 1 aliphatic rings. The van der Waals surface area contributed by atoms with Crippen molar-refractivity contribution >= 4 is 68.7 Å². The first-order valence-corrected chi connectivity index (χ1v) is 9.95. The van der Waals surface area contributed by atoms with E-state index in [9.17, 15) is 4.79 Å². The van der Waals surface area contributed by atoms with Gasteiger partial charge in [0.25, 0.3) is 5.91 Å². The van der Waals surface area contributed by atoms with Gasteiger partial charge in [-0.15, -0.1) is 0 Å². The maximum Gasteiger partial charge on any atom is 0.264 e. The van der Waals surface area contributed by atoms with Crippen LogP contribution in [-0.4, -0.2) is 15.6 Å². The van der Waals surface area contributed by atoms with Gasteiger partial charge in [-0.05, 0) is 43.0 Å². The number of hydrogen-bond donors (Lipinski definition) is 1. The van der Waals surface area contributed by atoms with Crippen LogP contribution < -0.4 is 5.32 Å². The standard InChI is InChI=1S/C20H15Cl2N3OS/c1-2-25-11-12(13-6-3-4-9-16(13)25)10-17-19(26)24-20(27-17)23-15-8-5-7-14(21)18(15)22/h3-11H,2H2,1H3,(H,23,24,26)/b17-10+. The molecule has 2 heterocycles. The third-order valence-corrected chi connectivity index (χ3v) is 5.97. The number of amidine groups is 1. The Bertz CT molecular complexity index is 1120. The number of amides is 1. The van der Waals surface area contributed by atoms with Crippen LogP contribution in [0.25, 0.3) is 17.0 Å². The highest BCUT2D eigenvalue weighted by molar-refractivity contribution is 8.18. The molecule has 3 aromatic rings. The quantitative estimate of drug-likeness (QED) is 0.544. The van der Waals surface area contributed by atoms with Gasteiger partial charge in [-0.2, -0.15) is 0 Å². The number of carbonyl (C=O) groups excluding carboxylic acids is 1. The van der Waals surface area contributed by atoms with E-state index in [0.717, 1.165) is 23.0 Å². The molecule has 0 bridgehead atoms. The number of aryl methyl sites for hydroxylation is 1. The lowest BCUT2D eigenvalue weighted by Gasteiger charge is -2.00. The second-order valence-corrected chi connectivity index (χ2v) is 7.76. The predicted molar refractivity (Wildman–Crippen MR) is 115 cm³/mol. The Morgan fingerprint density at radius 1 is 1.19 bits per heavy atom. The van der Waals surface area contributed by atoms with Crippen molar-refractivity contribution in [1.29, 1.82) is 0 Å². The summed E-state index contributed by atoms with van der Waals surface area (Å²) in [6, 6.07) is 13.4. The molecular weight excluding hydrogens is 401 g/mol. The summed E-state index contributed by atoms with van der Waals surface area (Å²) in [4.78, 5) is 17.4. The van der Waals surface area contributed by atoms with Crippen LogP contribution in [0.3, 0.4) is 0 Å². The molecule has 2 aromatic carbocycles. The summed E-state index contributed by atoms with van der Waals surface area (Å²) in [5.41, 5.74) is 2.68. The Hall–Kier alpha value is -2.21. The molecule has 0 aliphatic carbocycles. The van der Waals surface area contributed by atoms with E-state index in [4.69, 9.17) is 23.2 Å². The molecule has 1 aromatic heterocycles. The smallest absolute Gasteiger partial charge is 0.264 e. The van der Waals surface area contributed by atoms with Crippen molar-refractivity contribution in [1.82, 2.24) is 9.88 Å². The minimum Gasteiger partial charge on any atom is -0.347 e. The average Bonchev–Trinajstić information content (AvgIpc) is 3.20. The highest BCUT2D eigenvalue weighted by atomic mass is 35.5. The lowest BCUT2D eigenvalue weighted by atomic mass is 10.1. The topological polar surface area (TPSA) is 46.4 Å². The van der Waals surface area contributed by atoms with Gasteiger partial charge in [0.2, 0.25) is 0 Å². The number of carbonyl (C=O) groups is 1. The maximum atomic E-state index is 12.4. The van der Waals surface area contributed by atoms with Gasteiger partial charge in [-0.3, -0.25) is 4.79 Å². The Labute approximate surface area is 170 Å². The van der Waals surface area contributed by atoms with Gasteiger partial charge in [-0.25, -0.2) is 4.99 Å². The van der Waals surface area contributed by atoms with Crippen LogP contribution in [0.5, 0.6) is 0 Å². The van der Waals surface area contributed by atoms with Crippen LogP contribution in [0.15, 0.2) is 58.6 Å². The number of para-hydroxylation sites is 1. The fraction of sp³-hybridized carbons (Fsp3) is 0.100. The van der Waals surface area contributed by atoms with E-state index in [1.54, 1.807) is 18.2 Å². The molecule has 0 atom stereocenters. The molecule has 0 unspecified atom stereocenters. The van der Waals surface area contributed by atoms with E-state index < -0.39 is 0 Å². The SMILES string of the molecule is CCn1cc(/C=C2/SC(=Nc3cccc(Cl)c3Cl)NC2=O)c2ccccc21. The van der Waals surface area contributed by atoms with Gasteiger partial charge in [-0.1, -0.05) is 47.5 Å². The van der Waals surface area contributed by atoms with E-state index in [1.165, 1.54) is 11.8 Å². The van der Waals surface area contributed by atoms with E-state index in [1.807, 2.05) is 18.2 Å². The fourth-order valence-electron chi connectivity index (χ4n) is 2.96. The van der Waals surface area contributed by atoms with Crippen LogP contribution in [-0.2, 0) is 11.3 Å². The van der Waals surface area contributed by atoms with Crippen molar-refractivity contribution in [2.75, 3.05) is 0 Å². The largest absolute Gasteiger partial charge is 0.347 e. The molecule has 0 radical (unpaired) electrons. The Morgan fingerprint density at radius 3 is 2.81 bits per heavy atom. The maximum absolute atomic E-state index is 12.4. The first kappa shape index (κ1) is 18.2. The monoisotopic (exact) mass is 415 g/mol. The van der Waals surface area contributed by atoms with Gasteiger partial charge in [0, 0.05) is 29.2 Å². The van der Waals surface area contributed by atoms with Gasteiger partial charge < -0.3 is 9.88 Å². The van der Waals surface area contributed by atoms with Crippen molar-refractivity contribution in [3.8, 4) is 0 Å². The molecule has 1 aliphatic heterocycles. The summed E-state index contributed by atoms with van der Waals surface area (Å²) in [5, 5.41) is 5.17. The highest BCUT2D eigenvalue weighted by Crippen LogP contribution is 2.35. The molecule has 7 heteroatoms. The van der Waals surface area contributed by atoms with Crippen molar-refractivity contribution in [2.24, 2.45) is 4.99 Å². The van der Waals surface area contributed by atoms with Gasteiger partial charge in [0.05, 0.1) is 20.6 Å². The number of halogens is 2. The van der Waals surface area contributed by atoms with Crippen LogP contribution >= 0.6 is 35.0 Å². The van der Waals surface area contributed by atoms with E-state index in [0.29, 0.717) is 25.8 Å². The van der Waals surface area contributed by atoms with E-state index in [2.05, 4.69) is 40.1 Å². The number of nitrogens with zero attached hydrogens (tertiary/aromatic N) is 2. The Kier molecular flexibility index (Phi) is 5.00. The second-order valence-electron chi connectivity index (χ2n) is 5.94. The molecule has 0 saturated carbocycles. The second kappa shape index (κ2) is 7.43. The summed E-state index contributed by atoms with van der Waals surface area (Å²) in [6.45, 7) is 2.96. The van der Waals surface area contributed by atoms with Crippen LogP contribution in [0.1, 0.15) is 12.5 Å². The molecule has 1 fully saturated rings. The molecule has 0 spiro atoms. The third-order valence-electron chi connectivity index (χ3n) is 4.25. The lowest BCUT2D eigenvalue weighted by molar-refractivity contribution is -0.115. The van der Waals surface area contributed by atoms with Crippen molar-refractivity contribution in [2.45, 2.75) is 13.5 Å². The van der Waals surface area contributed by atoms with Crippen molar-refractivity contribution in [3.05, 3.63) is 69.2 Å². The van der Waals surface area contributed by atoms with Crippen LogP contribution in [0.2, 0.25) is 10.0 Å². The van der Waals surface area contributed by atoms with Crippen LogP contribution in [0.4, 0.5) is 5.69 Å². The number of nitrogens with one attached hydrogen (secondary N) is 1. The zero-order chi connectivity index (χ0) is 19.0. The number of aromatic nitrogens is 1. The molecular formula is C20H15Cl2N3OS. The summed E-state index contributed by atoms with van der Waals surface area (Å²) in [5.74, 6) is -0.176. The number of aliphatic imine (C=N–C) groups is 1. The molecule has 1 N–H and O–H groups in total. The van der Waals surface area contributed by atoms with Gasteiger partial charge in [0.15, 0.2) is 5.17 Å². The number of fused-ring (bicyclic) bond motifs is 1. The molecule has 136 valence electrons. The number of thioether (sulfide) groups is 1. The minimum absolute atomic E-state index is 0.176. The molecule has 1 amide bonds. The number of benzene rings is 2. The van der Waals surface area contributed by atoms with Gasteiger partial charge in [0.1, 0.15) is 0 Å². The molecule has 1 saturated heterocycles. The van der Waals surface area contributed by atoms with E-state index >= 15 is 0 Å². The molecule has 4 nitrogen and oxygen atoms in total. The number of rotatable bonds is 3. The fourth-order valence-corrected chi connectivity index (χ4v) is 4.13. The Balaban J connectivity index is 1.69. The zero-order valence-corrected chi connectivity index (χ0v) is 16.7. The van der Waals surface area contributed by atoms with Crippen LogP contribution in [0, 0.1) is 0 Å².